The lowest BCUT2D eigenvalue weighted by atomic mass is 10.0. The summed E-state index contributed by atoms with van der Waals surface area (Å²) in [5, 5.41) is 6.67. The number of aromatic nitrogens is 3. The van der Waals surface area contributed by atoms with E-state index in [2.05, 4.69) is 34.9 Å². The molecule has 3 aromatic carbocycles. The van der Waals surface area contributed by atoms with Gasteiger partial charge < -0.3 is 4.74 Å². The van der Waals surface area contributed by atoms with Crippen molar-refractivity contribution in [2.24, 2.45) is 0 Å². The van der Waals surface area contributed by atoms with Crippen molar-refractivity contribution in [1.29, 1.82) is 0 Å². The molecule has 0 bridgehead atoms. The van der Waals surface area contributed by atoms with Gasteiger partial charge in [-0.1, -0.05) is 66.5 Å². The third-order valence-electron chi connectivity index (χ3n) is 4.77. The van der Waals surface area contributed by atoms with Crippen LogP contribution in [-0.2, 0) is 0 Å². The molecule has 2 heterocycles. The molecule has 0 saturated heterocycles. The van der Waals surface area contributed by atoms with Crippen molar-refractivity contribution < 1.29 is 4.74 Å². The van der Waals surface area contributed by atoms with Crippen molar-refractivity contribution in [3.8, 4) is 17.1 Å². The first-order valence-corrected chi connectivity index (χ1v) is 10.3. The highest BCUT2D eigenvalue weighted by Gasteiger charge is 2.12. The number of nitrogens with zero attached hydrogens (tertiary/aromatic N) is 3. The van der Waals surface area contributed by atoms with Crippen molar-refractivity contribution in [2.45, 2.75) is 0 Å². The highest BCUT2D eigenvalue weighted by atomic mass is 32.1. The maximum absolute atomic E-state index is 12.9. The maximum atomic E-state index is 12.9. The predicted molar refractivity (Wildman–Crippen MR) is 121 cm³/mol. The van der Waals surface area contributed by atoms with Gasteiger partial charge in [0.25, 0.3) is 5.56 Å². The van der Waals surface area contributed by atoms with Crippen LogP contribution in [0.3, 0.4) is 0 Å². The van der Waals surface area contributed by atoms with Crippen LogP contribution in [0, 0.1) is 0 Å². The number of hydrogen-bond donors (Lipinski definition) is 0. The minimum atomic E-state index is -0.160. The van der Waals surface area contributed by atoms with Gasteiger partial charge in [0, 0.05) is 5.56 Å². The van der Waals surface area contributed by atoms with Crippen LogP contribution < -0.4 is 14.8 Å². The van der Waals surface area contributed by atoms with Crippen LogP contribution in [0.1, 0.15) is 5.56 Å². The molecular weight excluding hydrogens is 394 g/mol. The summed E-state index contributed by atoms with van der Waals surface area (Å²) in [6.45, 7) is 4.09. The van der Waals surface area contributed by atoms with Crippen LogP contribution in [-0.4, -0.2) is 21.2 Å². The standard InChI is InChI=1S/C24H17N3O2S/c1-2-14-29-19-12-10-17(11-13-19)22-25-24-27(26-22)23(28)21(30-24)15-18-8-5-7-16-6-3-4-9-20(16)18/h2-13,15H,1,14H2/b21-15+. The Bertz CT molecular complexity index is 1480. The normalized spacial score (nSPS) is 11.9. The Balaban J connectivity index is 1.53. The molecule has 5 rings (SSSR count). The van der Waals surface area contributed by atoms with Crippen molar-refractivity contribution >= 4 is 33.1 Å². The molecule has 0 aliphatic heterocycles. The number of benzene rings is 3. The number of hydrogen-bond acceptors (Lipinski definition) is 5. The first kappa shape index (κ1) is 18.3. The Morgan fingerprint density at radius 1 is 1.03 bits per heavy atom. The zero-order valence-corrected chi connectivity index (χ0v) is 16.8. The van der Waals surface area contributed by atoms with Gasteiger partial charge in [0.1, 0.15) is 12.4 Å². The topological polar surface area (TPSA) is 56.5 Å². The van der Waals surface area contributed by atoms with Crippen LogP contribution in [0.5, 0.6) is 5.75 Å². The second-order valence-electron chi connectivity index (χ2n) is 6.74. The fraction of sp³-hybridized carbons (Fsp3) is 0.0417. The number of fused-ring (bicyclic) bond motifs is 2. The molecule has 0 amide bonds. The molecule has 0 atom stereocenters. The minimum absolute atomic E-state index is 0.160. The molecule has 30 heavy (non-hydrogen) atoms. The summed E-state index contributed by atoms with van der Waals surface area (Å²) >= 11 is 1.34. The molecule has 5 aromatic rings. The molecule has 0 fully saturated rings. The number of thiazole rings is 1. The first-order chi connectivity index (χ1) is 14.7. The van der Waals surface area contributed by atoms with E-state index in [0.717, 1.165) is 27.6 Å². The quantitative estimate of drug-likeness (QED) is 0.409. The fourth-order valence-electron chi connectivity index (χ4n) is 3.33. The molecule has 0 spiro atoms. The van der Waals surface area contributed by atoms with E-state index >= 15 is 0 Å². The number of ether oxygens (including phenoxy) is 1. The third kappa shape index (κ3) is 3.27. The van der Waals surface area contributed by atoms with Gasteiger partial charge in [0.2, 0.25) is 4.96 Å². The summed E-state index contributed by atoms with van der Waals surface area (Å²) in [4.78, 5) is 18.0. The fourth-order valence-corrected chi connectivity index (χ4v) is 4.23. The summed E-state index contributed by atoms with van der Waals surface area (Å²) in [6.07, 6.45) is 3.61. The summed E-state index contributed by atoms with van der Waals surface area (Å²) in [7, 11) is 0. The van der Waals surface area contributed by atoms with Gasteiger partial charge in [0.15, 0.2) is 5.82 Å². The van der Waals surface area contributed by atoms with Gasteiger partial charge in [-0.05, 0) is 46.7 Å². The lowest BCUT2D eigenvalue weighted by Crippen LogP contribution is -2.23. The molecule has 6 heteroatoms. The van der Waals surface area contributed by atoms with Crippen LogP contribution in [0.25, 0.3) is 33.2 Å². The molecule has 0 aliphatic rings. The van der Waals surface area contributed by atoms with Crippen LogP contribution >= 0.6 is 11.3 Å². The Kier molecular flexibility index (Phi) is 4.61. The van der Waals surface area contributed by atoms with Crippen molar-refractivity contribution in [3.05, 3.63) is 99.8 Å². The minimum Gasteiger partial charge on any atom is -0.490 e. The molecule has 146 valence electrons. The summed E-state index contributed by atoms with van der Waals surface area (Å²) < 4.78 is 7.48. The van der Waals surface area contributed by atoms with Gasteiger partial charge >= 0.3 is 0 Å². The largest absolute Gasteiger partial charge is 0.490 e. The highest BCUT2D eigenvalue weighted by Crippen LogP contribution is 2.21. The summed E-state index contributed by atoms with van der Waals surface area (Å²) in [6, 6.07) is 21.7. The van der Waals surface area contributed by atoms with Crippen LogP contribution in [0.2, 0.25) is 0 Å². The molecule has 0 aliphatic carbocycles. The van der Waals surface area contributed by atoms with Crippen molar-refractivity contribution in [1.82, 2.24) is 14.6 Å². The third-order valence-corrected chi connectivity index (χ3v) is 5.73. The van der Waals surface area contributed by atoms with E-state index < -0.39 is 0 Å². The van der Waals surface area contributed by atoms with E-state index in [0.29, 0.717) is 21.9 Å². The van der Waals surface area contributed by atoms with Gasteiger partial charge in [-0.2, -0.15) is 9.50 Å². The molecule has 0 saturated carbocycles. The van der Waals surface area contributed by atoms with Crippen molar-refractivity contribution in [3.63, 3.8) is 0 Å². The van der Waals surface area contributed by atoms with Crippen LogP contribution in [0.4, 0.5) is 0 Å². The van der Waals surface area contributed by atoms with Gasteiger partial charge in [-0.15, -0.1) is 5.10 Å². The molecule has 0 N–H and O–H groups in total. The zero-order valence-electron chi connectivity index (χ0n) is 16.0. The SMILES string of the molecule is C=CCOc1ccc(-c2nc3s/c(=C/c4cccc5ccccc45)c(=O)n3n2)cc1. The Hall–Kier alpha value is -3.77. The summed E-state index contributed by atoms with van der Waals surface area (Å²) in [5.41, 5.74) is 1.67. The Morgan fingerprint density at radius 3 is 2.63 bits per heavy atom. The number of rotatable bonds is 5. The Labute approximate surface area is 176 Å². The first-order valence-electron chi connectivity index (χ1n) is 9.46. The molecule has 0 radical (unpaired) electrons. The lowest BCUT2D eigenvalue weighted by molar-refractivity contribution is 0.363. The molecule has 0 unspecified atom stereocenters. The average Bonchev–Trinajstić information content (AvgIpc) is 3.32. The second-order valence-corrected chi connectivity index (χ2v) is 7.75. The Morgan fingerprint density at radius 2 is 1.83 bits per heavy atom. The molecule has 2 aromatic heterocycles. The highest BCUT2D eigenvalue weighted by molar-refractivity contribution is 7.15. The monoisotopic (exact) mass is 411 g/mol. The molecular formula is C24H17N3O2S. The zero-order chi connectivity index (χ0) is 20.5. The van der Waals surface area contributed by atoms with E-state index in [1.807, 2.05) is 54.6 Å². The van der Waals surface area contributed by atoms with Gasteiger partial charge in [-0.3, -0.25) is 4.79 Å². The lowest BCUT2D eigenvalue weighted by Gasteiger charge is -2.02. The second kappa shape index (κ2) is 7.57. The maximum Gasteiger partial charge on any atom is 0.291 e. The van der Waals surface area contributed by atoms with E-state index in [-0.39, 0.29) is 5.56 Å². The van der Waals surface area contributed by atoms with Crippen molar-refractivity contribution in [2.75, 3.05) is 6.61 Å². The average molecular weight is 411 g/mol. The smallest absolute Gasteiger partial charge is 0.291 e. The van der Waals surface area contributed by atoms with E-state index in [1.54, 1.807) is 6.08 Å². The molecule has 5 nitrogen and oxygen atoms in total. The predicted octanol–water partition coefficient (Wildman–Crippen LogP) is 4.08. The van der Waals surface area contributed by atoms with Gasteiger partial charge in [0.05, 0.1) is 4.53 Å². The van der Waals surface area contributed by atoms with Crippen LogP contribution in [0.15, 0.2) is 84.2 Å². The van der Waals surface area contributed by atoms with E-state index in [9.17, 15) is 4.79 Å². The van der Waals surface area contributed by atoms with E-state index in [1.165, 1.54) is 15.9 Å². The summed E-state index contributed by atoms with van der Waals surface area (Å²) in [5.74, 6) is 1.27. The van der Waals surface area contributed by atoms with Gasteiger partial charge in [-0.25, -0.2) is 0 Å². The van der Waals surface area contributed by atoms with E-state index in [4.69, 9.17) is 4.74 Å².